The molecule has 4 unspecified atom stereocenters. The van der Waals surface area contributed by atoms with Crippen LogP contribution in [0, 0.1) is 0 Å². The molecule has 1 aromatic rings. The van der Waals surface area contributed by atoms with Gasteiger partial charge in [0.15, 0.2) is 12.6 Å². The Morgan fingerprint density at radius 1 is 1.00 bits per heavy atom. The smallest absolute Gasteiger partial charge is 0.186 e. The molecule has 6 heteroatoms. The van der Waals surface area contributed by atoms with E-state index in [-0.39, 0.29) is 18.8 Å². The van der Waals surface area contributed by atoms with Crippen molar-refractivity contribution in [1.29, 1.82) is 0 Å². The number of ether oxygens (including phenoxy) is 5. The van der Waals surface area contributed by atoms with Crippen LogP contribution in [-0.4, -0.2) is 56.6 Å². The highest BCUT2D eigenvalue weighted by atomic mass is 16.8. The number of methoxy groups -OCH3 is 2. The molecule has 0 spiro atoms. The molecule has 0 aromatic heterocycles. The number of fused-ring (bicyclic) bond motifs is 1. The number of aliphatic hydroxyl groups excluding tert-OH is 1. The van der Waals surface area contributed by atoms with Crippen LogP contribution in [0.5, 0.6) is 0 Å². The third-order valence-electron chi connectivity index (χ3n) is 3.91. The first-order valence-electron chi connectivity index (χ1n) is 6.96. The van der Waals surface area contributed by atoms with Crippen molar-refractivity contribution in [3.8, 4) is 0 Å². The van der Waals surface area contributed by atoms with Gasteiger partial charge in [-0.25, -0.2) is 0 Å². The number of hydrogen-bond acceptors (Lipinski definition) is 6. The van der Waals surface area contributed by atoms with Gasteiger partial charge in [-0.05, 0) is 0 Å². The van der Waals surface area contributed by atoms with Gasteiger partial charge in [-0.3, -0.25) is 0 Å². The molecular weight excluding hydrogens is 276 g/mol. The molecule has 1 N–H and O–H groups in total. The van der Waals surface area contributed by atoms with Crippen LogP contribution >= 0.6 is 0 Å². The lowest BCUT2D eigenvalue weighted by molar-refractivity contribution is -0.291. The van der Waals surface area contributed by atoms with E-state index in [1.807, 2.05) is 30.3 Å². The van der Waals surface area contributed by atoms with Crippen LogP contribution in [0.25, 0.3) is 0 Å². The zero-order chi connectivity index (χ0) is 14.8. The Hall–Kier alpha value is -1.02. The normalized spacial score (nSPS) is 39.2. The Kier molecular flexibility index (Phi) is 4.54. The monoisotopic (exact) mass is 296 g/mol. The molecule has 2 fully saturated rings. The lowest BCUT2D eigenvalue weighted by atomic mass is 10.0. The molecule has 6 nitrogen and oxygen atoms in total. The summed E-state index contributed by atoms with van der Waals surface area (Å²) in [7, 11) is 3.14. The molecule has 0 amide bonds. The van der Waals surface area contributed by atoms with Crippen molar-refractivity contribution in [2.75, 3.05) is 20.8 Å². The van der Waals surface area contributed by atoms with Gasteiger partial charge < -0.3 is 28.8 Å². The van der Waals surface area contributed by atoms with E-state index < -0.39 is 24.8 Å². The predicted molar refractivity (Wildman–Crippen MR) is 72.5 cm³/mol. The maximum absolute atomic E-state index is 9.58. The summed E-state index contributed by atoms with van der Waals surface area (Å²) in [5.41, 5.74) is 0.894. The first kappa shape index (κ1) is 14.9. The predicted octanol–water partition coefficient (Wildman–Crippen LogP) is 0.848. The minimum absolute atomic E-state index is 0.152. The van der Waals surface area contributed by atoms with Gasteiger partial charge in [-0.15, -0.1) is 0 Å². The van der Waals surface area contributed by atoms with Crippen molar-refractivity contribution in [1.82, 2.24) is 0 Å². The van der Waals surface area contributed by atoms with Crippen LogP contribution in [0.15, 0.2) is 30.3 Å². The molecule has 0 aliphatic carbocycles. The summed E-state index contributed by atoms with van der Waals surface area (Å²) in [4.78, 5) is 0. The summed E-state index contributed by atoms with van der Waals surface area (Å²) in [6.45, 7) is -0.152. The second kappa shape index (κ2) is 6.39. The van der Waals surface area contributed by atoms with Gasteiger partial charge in [0.1, 0.15) is 24.4 Å². The van der Waals surface area contributed by atoms with E-state index in [0.717, 1.165) is 5.56 Å². The van der Waals surface area contributed by atoms with Crippen LogP contribution in [0.1, 0.15) is 11.9 Å². The van der Waals surface area contributed by atoms with Gasteiger partial charge in [-0.2, -0.15) is 0 Å². The molecule has 3 rings (SSSR count). The Bertz CT molecular complexity index is 453. The minimum Gasteiger partial charge on any atom is -0.394 e. The lowest BCUT2D eigenvalue weighted by Gasteiger charge is -2.38. The van der Waals surface area contributed by atoms with Crippen LogP contribution in [0.3, 0.4) is 0 Å². The third-order valence-corrected chi connectivity index (χ3v) is 3.91. The topological polar surface area (TPSA) is 66.4 Å². The molecule has 116 valence electrons. The Labute approximate surface area is 123 Å². The number of rotatable bonds is 4. The fourth-order valence-electron chi connectivity index (χ4n) is 2.87. The van der Waals surface area contributed by atoms with Crippen LogP contribution < -0.4 is 0 Å². The first-order valence-corrected chi connectivity index (χ1v) is 6.96. The van der Waals surface area contributed by atoms with E-state index >= 15 is 0 Å². The molecule has 1 aromatic carbocycles. The quantitative estimate of drug-likeness (QED) is 0.888. The largest absolute Gasteiger partial charge is 0.394 e. The van der Waals surface area contributed by atoms with Gasteiger partial charge >= 0.3 is 0 Å². The zero-order valence-corrected chi connectivity index (χ0v) is 12.0. The molecule has 2 aliphatic rings. The molecule has 0 bridgehead atoms. The average molecular weight is 296 g/mol. The summed E-state index contributed by atoms with van der Waals surface area (Å²) >= 11 is 0. The molecule has 2 aliphatic heterocycles. The summed E-state index contributed by atoms with van der Waals surface area (Å²) in [6, 6.07) is 9.60. The maximum Gasteiger partial charge on any atom is 0.186 e. The average Bonchev–Trinajstić information content (AvgIpc) is 2.92. The first-order chi connectivity index (χ1) is 10.3. The van der Waals surface area contributed by atoms with Crippen molar-refractivity contribution in [3.63, 3.8) is 0 Å². The minimum atomic E-state index is -0.554. The Balaban J connectivity index is 1.84. The lowest BCUT2D eigenvalue weighted by Crippen LogP contribution is -2.50. The van der Waals surface area contributed by atoms with Gasteiger partial charge in [0.2, 0.25) is 0 Å². The van der Waals surface area contributed by atoms with E-state index in [0.29, 0.717) is 0 Å². The Morgan fingerprint density at radius 2 is 1.76 bits per heavy atom. The van der Waals surface area contributed by atoms with E-state index in [9.17, 15) is 5.11 Å². The van der Waals surface area contributed by atoms with Crippen molar-refractivity contribution >= 4 is 0 Å². The molecule has 6 atom stereocenters. The van der Waals surface area contributed by atoms with Crippen molar-refractivity contribution < 1.29 is 28.8 Å². The maximum atomic E-state index is 9.58. The number of aliphatic hydroxyl groups is 1. The second-order valence-corrected chi connectivity index (χ2v) is 5.11. The highest BCUT2D eigenvalue weighted by molar-refractivity contribution is 5.17. The van der Waals surface area contributed by atoms with Gasteiger partial charge in [0.05, 0.1) is 6.61 Å². The number of benzene rings is 1. The molecule has 2 saturated heterocycles. The zero-order valence-electron chi connectivity index (χ0n) is 12.0. The van der Waals surface area contributed by atoms with E-state index in [2.05, 4.69) is 0 Å². The summed E-state index contributed by atoms with van der Waals surface area (Å²) < 4.78 is 28.3. The molecule has 2 heterocycles. The number of hydrogen-bond donors (Lipinski definition) is 1. The van der Waals surface area contributed by atoms with Gasteiger partial charge in [-0.1, -0.05) is 30.3 Å². The van der Waals surface area contributed by atoms with Crippen molar-refractivity contribution in [2.24, 2.45) is 0 Å². The molecule has 0 saturated carbocycles. The molecular formula is C15H20O6. The molecule has 21 heavy (non-hydrogen) atoms. The van der Waals surface area contributed by atoms with E-state index in [4.69, 9.17) is 23.7 Å². The van der Waals surface area contributed by atoms with Crippen LogP contribution in [0.4, 0.5) is 0 Å². The Morgan fingerprint density at radius 3 is 2.38 bits per heavy atom. The van der Waals surface area contributed by atoms with Crippen molar-refractivity contribution in [3.05, 3.63) is 35.9 Å². The van der Waals surface area contributed by atoms with Gasteiger partial charge in [0, 0.05) is 19.8 Å². The van der Waals surface area contributed by atoms with Gasteiger partial charge in [0.25, 0.3) is 0 Å². The highest BCUT2D eigenvalue weighted by Gasteiger charge is 2.53. The summed E-state index contributed by atoms with van der Waals surface area (Å²) in [5, 5.41) is 9.58. The van der Waals surface area contributed by atoms with E-state index in [1.165, 1.54) is 0 Å². The highest BCUT2D eigenvalue weighted by Crippen LogP contribution is 2.39. The van der Waals surface area contributed by atoms with Crippen LogP contribution in [0.2, 0.25) is 0 Å². The molecule has 0 radical (unpaired) electrons. The standard InChI is InChI=1S/C15H20O6/c1-17-13-12-11(20-15(13)18-2)10(8-16)19-14(21-12)9-6-4-3-5-7-9/h3-7,10-16H,8H2,1-2H3/t10?,11-,12?,13?,14?,15+/m1/s1. The SMILES string of the molecule is COC1C2OC(c3ccccc3)OC(CO)[C@H]2O[C@@H]1OC. The van der Waals surface area contributed by atoms with Crippen LogP contribution in [-0.2, 0) is 23.7 Å². The summed E-state index contributed by atoms with van der Waals surface area (Å²) in [6.07, 6.45) is -2.68. The second-order valence-electron chi connectivity index (χ2n) is 5.11. The fraction of sp³-hybridized carbons (Fsp3) is 0.600. The third kappa shape index (κ3) is 2.70. The summed E-state index contributed by atoms with van der Waals surface area (Å²) in [5.74, 6) is 0. The fourth-order valence-corrected chi connectivity index (χ4v) is 2.87. The van der Waals surface area contributed by atoms with E-state index in [1.54, 1.807) is 14.2 Å². The van der Waals surface area contributed by atoms with Crippen molar-refractivity contribution in [2.45, 2.75) is 37.0 Å².